The molecule has 0 aliphatic heterocycles. The summed E-state index contributed by atoms with van der Waals surface area (Å²) in [4.78, 5) is 28.7. The molecule has 10 heteroatoms. The Hall–Kier alpha value is -5.12. The van der Waals surface area contributed by atoms with E-state index in [0.29, 0.717) is 39.5 Å². The molecule has 9 nitrogen and oxygen atoms in total. The van der Waals surface area contributed by atoms with Crippen LogP contribution in [-0.4, -0.2) is 41.1 Å². The van der Waals surface area contributed by atoms with Crippen molar-refractivity contribution >= 4 is 33.7 Å². The van der Waals surface area contributed by atoms with Gasteiger partial charge in [0.2, 0.25) is 5.91 Å². The van der Waals surface area contributed by atoms with Gasteiger partial charge in [0.15, 0.2) is 11.5 Å². The predicted molar refractivity (Wildman–Crippen MR) is 143 cm³/mol. The van der Waals surface area contributed by atoms with Crippen LogP contribution in [0.25, 0.3) is 55.8 Å². The van der Waals surface area contributed by atoms with E-state index in [1.807, 2.05) is 38.1 Å². The Bertz CT molecular complexity index is 1820. The number of phenols is 1. The Balaban J connectivity index is 1.42. The number of H-pyrrole nitrogens is 2. The highest BCUT2D eigenvalue weighted by atomic mass is 19.1. The second-order valence-corrected chi connectivity index (χ2v) is 9.28. The largest absolute Gasteiger partial charge is 0.508 e. The van der Waals surface area contributed by atoms with E-state index in [0.717, 1.165) is 28.1 Å². The Kier molecular flexibility index (Phi) is 5.56. The maximum absolute atomic E-state index is 14.0. The van der Waals surface area contributed by atoms with Crippen molar-refractivity contribution in [2.45, 2.75) is 13.8 Å². The van der Waals surface area contributed by atoms with Gasteiger partial charge in [-0.25, -0.2) is 14.4 Å². The second-order valence-electron chi connectivity index (χ2n) is 9.28. The minimum absolute atomic E-state index is 0.0807. The molecule has 0 saturated heterocycles. The molecule has 0 radical (unpaired) electrons. The summed E-state index contributed by atoms with van der Waals surface area (Å²) in [5.41, 5.74) is 5.88. The molecule has 188 valence electrons. The summed E-state index contributed by atoms with van der Waals surface area (Å²) in [5, 5.41) is 21.1. The Morgan fingerprint density at radius 1 is 1.03 bits per heavy atom. The summed E-state index contributed by atoms with van der Waals surface area (Å²) in [6.07, 6.45) is 4.95. The average Bonchev–Trinajstić information content (AvgIpc) is 3.51. The summed E-state index contributed by atoms with van der Waals surface area (Å²) in [6.45, 7) is 3.67. The van der Waals surface area contributed by atoms with Crippen LogP contribution in [0.15, 0.2) is 67.1 Å². The number of nitrogens with one attached hydrogen (secondary N) is 3. The number of carbonyl (C=O) groups is 1. The summed E-state index contributed by atoms with van der Waals surface area (Å²) in [7, 11) is 0. The number of pyridine rings is 2. The van der Waals surface area contributed by atoms with E-state index in [2.05, 4.69) is 30.5 Å². The standard InChI is InChI=1S/C28H22FN7O2/c1-14(2)28(38)32-19-8-17(12-30-13-19)15-3-4-23-22(10-15)25(36-35-23)27-33-24-21(5-6-31-26(24)34-27)16-7-18(29)11-20(37)9-16/h3-14,37H,1-2H3,(H,32,38)(H,35,36)(H,31,33,34). The van der Waals surface area contributed by atoms with Crippen molar-refractivity contribution in [3.8, 4) is 39.5 Å². The van der Waals surface area contributed by atoms with E-state index in [9.17, 15) is 14.3 Å². The minimum Gasteiger partial charge on any atom is -0.508 e. The lowest BCUT2D eigenvalue weighted by Gasteiger charge is -2.09. The summed E-state index contributed by atoms with van der Waals surface area (Å²) in [5.74, 6) is -0.459. The molecule has 0 bridgehead atoms. The van der Waals surface area contributed by atoms with Crippen LogP contribution in [0.3, 0.4) is 0 Å². The van der Waals surface area contributed by atoms with Gasteiger partial charge in [-0.1, -0.05) is 19.9 Å². The third kappa shape index (κ3) is 4.21. The molecule has 0 saturated carbocycles. The third-order valence-corrected chi connectivity index (χ3v) is 6.23. The predicted octanol–water partition coefficient (Wildman–Crippen LogP) is 5.67. The van der Waals surface area contributed by atoms with Crippen LogP contribution >= 0.6 is 0 Å². The molecule has 6 rings (SSSR count). The number of rotatable bonds is 5. The van der Waals surface area contributed by atoms with Crippen LogP contribution in [0.4, 0.5) is 10.1 Å². The Morgan fingerprint density at radius 2 is 1.89 bits per heavy atom. The zero-order valence-corrected chi connectivity index (χ0v) is 20.5. The second kappa shape index (κ2) is 9.07. The normalized spacial score (nSPS) is 11.5. The number of aromatic amines is 2. The number of anilines is 1. The number of carbonyl (C=O) groups excluding carboxylic acids is 1. The van der Waals surface area contributed by atoms with Crippen LogP contribution < -0.4 is 5.32 Å². The quantitative estimate of drug-likeness (QED) is 0.238. The van der Waals surface area contributed by atoms with Crippen molar-refractivity contribution in [2.24, 2.45) is 5.92 Å². The first kappa shape index (κ1) is 23.3. The molecule has 0 aliphatic carbocycles. The van der Waals surface area contributed by atoms with Gasteiger partial charge < -0.3 is 15.4 Å². The summed E-state index contributed by atoms with van der Waals surface area (Å²) >= 11 is 0. The van der Waals surface area contributed by atoms with E-state index < -0.39 is 5.82 Å². The van der Waals surface area contributed by atoms with Gasteiger partial charge in [-0.05, 0) is 47.5 Å². The van der Waals surface area contributed by atoms with Gasteiger partial charge in [0.1, 0.15) is 22.8 Å². The number of imidazole rings is 1. The molecular formula is C28H22FN7O2. The molecule has 4 N–H and O–H groups in total. The molecular weight excluding hydrogens is 485 g/mol. The number of nitrogens with zero attached hydrogens (tertiary/aromatic N) is 4. The van der Waals surface area contributed by atoms with Gasteiger partial charge in [-0.2, -0.15) is 5.10 Å². The number of benzene rings is 2. The van der Waals surface area contributed by atoms with Crippen molar-refractivity contribution < 1.29 is 14.3 Å². The fourth-order valence-corrected chi connectivity index (χ4v) is 4.31. The number of phenolic OH excluding ortho intramolecular Hbond substituents is 1. The molecule has 1 amide bonds. The van der Waals surface area contributed by atoms with Crippen LogP contribution in [-0.2, 0) is 4.79 Å². The molecule has 4 heterocycles. The minimum atomic E-state index is -0.547. The van der Waals surface area contributed by atoms with Crippen LogP contribution in [0.2, 0.25) is 0 Å². The molecule has 0 spiro atoms. The number of halogens is 1. The molecule has 0 unspecified atom stereocenters. The smallest absolute Gasteiger partial charge is 0.226 e. The molecule has 4 aromatic heterocycles. The highest BCUT2D eigenvalue weighted by molar-refractivity contribution is 5.98. The van der Waals surface area contributed by atoms with Crippen molar-refractivity contribution in [1.29, 1.82) is 0 Å². The maximum atomic E-state index is 14.0. The molecule has 6 aromatic rings. The average molecular weight is 508 g/mol. The third-order valence-electron chi connectivity index (χ3n) is 6.23. The van der Waals surface area contributed by atoms with Gasteiger partial charge in [0.25, 0.3) is 0 Å². The van der Waals surface area contributed by atoms with E-state index >= 15 is 0 Å². The van der Waals surface area contributed by atoms with Crippen molar-refractivity contribution in [3.63, 3.8) is 0 Å². The monoisotopic (exact) mass is 507 g/mol. The number of amides is 1. The summed E-state index contributed by atoms with van der Waals surface area (Å²) in [6, 6.07) is 13.3. The zero-order valence-electron chi connectivity index (χ0n) is 20.5. The lowest BCUT2D eigenvalue weighted by molar-refractivity contribution is -0.118. The van der Waals surface area contributed by atoms with E-state index in [1.165, 1.54) is 12.1 Å². The number of fused-ring (bicyclic) bond motifs is 2. The maximum Gasteiger partial charge on any atom is 0.226 e. The first-order valence-corrected chi connectivity index (χ1v) is 11.9. The zero-order chi connectivity index (χ0) is 26.4. The van der Waals surface area contributed by atoms with Gasteiger partial charge in [0.05, 0.1) is 17.4 Å². The lowest BCUT2D eigenvalue weighted by atomic mass is 10.0. The van der Waals surface area contributed by atoms with Crippen molar-refractivity contribution in [2.75, 3.05) is 5.32 Å². The molecule has 0 fully saturated rings. The topological polar surface area (TPSA) is 132 Å². The fourth-order valence-electron chi connectivity index (χ4n) is 4.31. The van der Waals surface area contributed by atoms with Gasteiger partial charge in [-0.3, -0.25) is 14.9 Å². The van der Waals surface area contributed by atoms with Gasteiger partial charge in [0, 0.05) is 40.9 Å². The van der Waals surface area contributed by atoms with Gasteiger partial charge in [-0.15, -0.1) is 0 Å². The number of aromatic nitrogens is 6. The van der Waals surface area contributed by atoms with Crippen LogP contribution in [0.1, 0.15) is 13.8 Å². The van der Waals surface area contributed by atoms with Gasteiger partial charge >= 0.3 is 0 Å². The number of aromatic hydroxyl groups is 1. The van der Waals surface area contributed by atoms with E-state index in [-0.39, 0.29) is 17.6 Å². The van der Waals surface area contributed by atoms with E-state index in [4.69, 9.17) is 4.98 Å². The highest BCUT2D eigenvalue weighted by Gasteiger charge is 2.17. The SMILES string of the molecule is CC(C)C(=O)Nc1cncc(-c2ccc3[nH]nc(-c4nc5c(-c6cc(O)cc(F)c6)ccnc5[nH]4)c3c2)c1. The fraction of sp³-hybridized carbons (Fsp3) is 0.107. The first-order valence-electron chi connectivity index (χ1n) is 11.9. The highest BCUT2D eigenvalue weighted by Crippen LogP contribution is 2.34. The number of hydrogen-bond acceptors (Lipinski definition) is 6. The summed E-state index contributed by atoms with van der Waals surface area (Å²) < 4.78 is 14.0. The van der Waals surface area contributed by atoms with Crippen molar-refractivity contribution in [1.82, 2.24) is 30.1 Å². The van der Waals surface area contributed by atoms with E-state index in [1.54, 1.807) is 24.7 Å². The lowest BCUT2D eigenvalue weighted by Crippen LogP contribution is -2.17. The van der Waals surface area contributed by atoms with Crippen LogP contribution in [0.5, 0.6) is 5.75 Å². The van der Waals surface area contributed by atoms with Crippen LogP contribution in [0, 0.1) is 11.7 Å². The molecule has 0 aliphatic rings. The first-order chi connectivity index (χ1) is 18.4. The Morgan fingerprint density at radius 3 is 2.71 bits per heavy atom. The Labute approximate surface area is 215 Å². The molecule has 38 heavy (non-hydrogen) atoms. The molecule has 2 aromatic carbocycles. The number of hydrogen-bond donors (Lipinski definition) is 4. The van der Waals surface area contributed by atoms with Crippen molar-refractivity contribution in [3.05, 3.63) is 72.9 Å². The molecule has 0 atom stereocenters.